The molecule has 0 radical (unpaired) electrons. The zero-order valence-electron chi connectivity index (χ0n) is 12.1. The fourth-order valence-corrected chi connectivity index (χ4v) is 2.43. The number of carbonyl (C=O) groups excluding carboxylic acids is 1. The zero-order chi connectivity index (χ0) is 15.8. The Morgan fingerprint density at radius 1 is 1.38 bits per heavy atom. The monoisotopic (exact) mass is 352 g/mol. The Morgan fingerprint density at radius 2 is 2.05 bits per heavy atom. The maximum Gasteiger partial charge on any atom is 0.421 e. The van der Waals surface area contributed by atoms with Gasteiger partial charge < -0.3 is 15.0 Å². The lowest BCUT2D eigenvalue weighted by atomic mass is 9.96. The van der Waals surface area contributed by atoms with Crippen LogP contribution in [0.3, 0.4) is 0 Å². The van der Waals surface area contributed by atoms with Gasteiger partial charge in [-0.05, 0) is 11.6 Å². The standard InChI is InChI=1S/C15H17BrN2O3/c1-10(8-9-13(18-17)15(19)21-3)14(20-2)11-6-4-5-7-12(11)16/h4-10,14H,1-3H3/b9-8+/t10-,14+/m1/s1. The Balaban J connectivity index is 2.95. The largest absolute Gasteiger partial charge is 0.460 e. The highest BCUT2D eigenvalue weighted by atomic mass is 79.9. The summed E-state index contributed by atoms with van der Waals surface area (Å²) < 4.78 is 11.0. The van der Waals surface area contributed by atoms with Crippen LogP contribution in [0.4, 0.5) is 0 Å². The molecule has 0 saturated heterocycles. The lowest BCUT2D eigenvalue weighted by Gasteiger charge is -2.21. The third-order valence-corrected chi connectivity index (χ3v) is 3.73. The minimum atomic E-state index is -0.698. The predicted molar refractivity (Wildman–Crippen MR) is 82.8 cm³/mol. The Labute approximate surface area is 132 Å². The van der Waals surface area contributed by atoms with Gasteiger partial charge in [0.05, 0.1) is 13.2 Å². The van der Waals surface area contributed by atoms with Crippen LogP contribution in [0.5, 0.6) is 0 Å². The van der Waals surface area contributed by atoms with E-state index in [2.05, 4.69) is 25.5 Å². The van der Waals surface area contributed by atoms with Crippen LogP contribution in [0.25, 0.3) is 5.53 Å². The Morgan fingerprint density at radius 3 is 2.57 bits per heavy atom. The third kappa shape index (κ3) is 4.63. The second kappa shape index (κ2) is 8.52. The van der Waals surface area contributed by atoms with Crippen LogP contribution in [-0.2, 0) is 14.3 Å². The van der Waals surface area contributed by atoms with Crippen LogP contribution in [0, 0.1) is 5.92 Å². The van der Waals surface area contributed by atoms with E-state index >= 15 is 0 Å². The van der Waals surface area contributed by atoms with Crippen molar-refractivity contribution in [3.63, 3.8) is 0 Å². The molecular weight excluding hydrogens is 336 g/mol. The predicted octanol–water partition coefficient (Wildman–Crippen LogP) is 3.17. The van der Waals surface area contributed by atoms with Crippen LogP contribution >= 0.6 is 15.9 Å². The molecule has 112 valence electrons. The van der Waals surface area contributed by atoms with E-state index in [9.17, 15) is 4.79 Å². The molecule has 1 aromatic carbocycles. The smallest absolute Gasteiger partial charge is 0.421 e. The summed E-state index contributed by atoms with van der Waals surface area (Å²) in [4.78, 5) is 14.2. The summed E-state index contributed by atoms with van der Waals surface area (Å²) in [5.74, 6) is -0.745. The Hall–Kier alpha value is -1.75. The molecule has 0 heterocycles. The van der Waals surface area contributed by atoms with Gasteiger partial charge in [0.2, 0.25) is 0 Å². The first kappa shape index (κ1) is 17.3. The molecular formula is C15H17BrN2O3. The quantitative estimate of drug-likeness (QED) is 0.341. The molecule has 0 spiro atoms. The first-order chi connectivity index (χ1) is 10.0. The van der Waals surface area contributed by atoms with Gasteiger partial charge >= 0.3 is 11.7 Å². The van der Waals surface area contributed by atoms with Crippen LogP contribution in [-0.4, -0.2) is 30.7 Å². The molecule has 5 nitrogen and oxygen atoms in total. The van der Waals surface area contributed by atoms with Gasteiger partial charge in [0.25, 0.3) is 0 Å². The highest BCUT2D eigenvalue weighted by Gasteiger charge is 2.21. The average Bonchev–Trinajstić information content (AvgIpc) is 2.50. The van der Waals surface area contributed by atoms with E-state index in [1.54, 1.807) is 13.2 Å². The summed E-state index contributed by atoms with van der Waals surface area (Å²) in [6, 6.07) is 7.75. The SMILES string of the molecule is COC(=O)C(/C=C/[C@@H](C)[C@H](OC)c1ccccc1Br)=[N+]=[N-]. The van der Waals surface area contributed by atoms with Gasteiger partial charge in [-0.15, -0.1) is 0 Å². The molecule has 0 saturated carbocycles. The number of esters is 1. The van der Waals surface area contributed by atoms with Gasteiger partial charge in [-0.1, -0.05) is 47.1 Å². The van der Waals surface area contributed by atoms with Crippen molar-refractivity contribution in [1.82, 2.24) is 0 Å². The number of halogens is 1. The van der Waals surface area contributed by atoms with Crippen LogP contribution in [0.15, 0.2) is 40.9 Å². The Bertz CT molecular complexity index is 580. The van der Waals surface area contributed by atoms with Crippen molar-refractivity contribution >= 4 is 27.6 Å². The fourth-order valence-electron chi connectivity index (χ4n) is 1.92. The second-order valence-corrected chi connectivity index (χ2v) is 5.23. The molecule has 1 aromatic rings. The highest BCUT2D eigenvalue weighted by molar-refractivity contribution is 9.10. The normalized spacial score (nSPS) is 13.5. The molecule has 0 aromatic heterocycles. The maximum absolute atomic E-state index is 11.3. The summed E-state index contributed by atoms with van der Waals surface area (Å²) >= 11 is 3.49. The van der Waals surface area contributed by atoms with Gasteiger partial charge in [0.15, 0.2) is 0 Å². The molecule has 0 amide bonds. The van der Waals surface area contributed by atoms with Gasteiger partial charge in [-0.2, -0.15) is 4.79 Å². The lowest BCUT2D eigenvalue weighted by Crippen LogP contribution is -2.16. The van der Waals surface area contributed by atoms with E-state index in [1.807, 2.05) is 31.2 Å². The van der Waals surface area contributed by atoms with Gasteiger partial charge in [0, 0.05) is 23.6 Å². The van der Waals surface area contributed by atoms with Gasteiger partial charge in [0.1, 0.15) is 0 Å². The van der Waals surface area contributed by atoms with Crippen LogP contribution < -0.4 is 0 Å². The summed E-state index contributed by atoms with van der Waals surface area (Å²) in [5.41, 5.74) is 9.63. The fraction of sp³-hybridized carbons (Fsp3) is 0.333. The minimum absolute atomic E-state index is 0.0462. The van der Waals surface area contributed by atoms with E-state index in [1.165, 1.54) is 13.2 Å². The number of benzene rings is 1. The van der Waals surface area contributed by atoms with Crippen molar-refractivity contribution in [2.45, 2.75) is 13.0 Å². The molecule has 0 fully saturated rings. The van der Waals surface area contributed by atoms with Crippen molar-refractivity contribution in [1.29, 1.82) is 0 Å². The molecule has 0 aliphatic carbocycles. The van der Waals surface area contributed by atoms with E-state index in [4.69, 9.17) is 10.3 Å². The van der Waals surface area contributed by atoms with Crippen LogP contribution in [0.1, 0.15) is 18.6 Å². The first-order valence-electron chi connectivity index (χ1n) is 6.31. The molecule has 1 rings (SSSR count). The number of carbonyl (C=O) groups is 1. The van der Waals surface area contributed by atoms with Crippen molar-refractivity contribution < 1.29 is 19.1 Å². The first-order valence-corrected chi connectivity index (χ1v) is 7.10. The number of nitrogens with zero attached hydrogens (tertiary/aromatic N) is 2. The number of hydrogen-bond donors (Lipinski definition) is 0. The third-order valence-electron chi connectivity index (χ3n) is 3.00. The lowest BCUT2D eigenvalue weighted by molar-refractivity contribution is -0.137. The summed E-state index contributed by atoms with van der Waals surface area (Å²) in [7, 11) is 2.85. The van der Waals surface area contributed by atoms with Crippen molar-refractivity contribution in [3.05, 3.63) is 52.0 Å². The molecule has 21 heavy (non-hydrogen) atoms. The topological polar surface area (TPSA) is 71.9 Å². The molecule has 0 unspecified atom stereocenters. The van der Waals surface area contributed by atoms with Crippen molar-refractivity contribution in [3.8, 4) is 0 Å². The number of hydrogen-bond acceptors (Lipinski definition) is 3. The molecule has 0 aliphatic heterocycles. The molecule has 0 bridgehead atoms. The highest BCUT2D eigenvalue weighted by Crippen LogP contribution is 2.31. The van der Waals surface area contributed by atoms with Crippen LogP contribution in [0.2, 0.25) is 0 Å². The summed E-state index contributed by atoms with van der Waals surface area (Å²) in [5, 5.41) is 0. The number of ether oxygens (including phenoxy) is 2. The molecule has 6 heteroatoms. The van der Waals surface area contributed by atoms with E-state index in [0.717, 1.165) is 10.0 Å². The number of rotatable bonds is 6. The molecule has 0 aliphatic rings. The summed E-state index contributed by atoms with van der Waals surface area (Å²) in [6.45, 7) is 1.94. The maximum atomic E-state index is 11.3. The zero-order valence-corrected chi connectivity index (χ0v) is 13.7. The minimum Gasteiger partial charge on any atom is -0.460 e. The average molecular weight is 353 g/mol. The molecule has 2 atom stereocenters. The second-order valence-electron chi connectivity index (χ2n) is 4.37. The summed E-state index contributed by atoms with van der Waals surface area (Å²) in [6.07, 6.45) is 2.95. The van der Waals surface area contributed by atoms with E-state index in [-0.39, 0.29) is 17.7 Å². The van der Waals surface area contributed by atoms with Gasteiger partial charge in [-0.3, -0.25) is 0 Å². The van der Waals surface area contributed by atoms with Crippen molar-refractivity contribution in [2.75, 3.05) is 14.2 Å². The van der Waals surface area contributed by atoms with Gasteiger partial charge in [-0.25, -0.2) is 4.79 Å². The van der Waals surface area contributed by atoms with E-state index < -0.39 is 5.97 Å². The van der Waals surface area contributed by atoms with E-state index in [0.29, 0.717) is 0 Å². The number of methoxy groups -OCH3 is 2. The Kier molecular flexibility index (Phi) is 7.02. The molecule has 0 N–H and O–H groups in total. The van der Waals surface area contributed by atoms with Crippen molar-refractivity contribution in [2.24, 2.45) is 5.92 Å².